The Morgan fingerprint density at radius 1 is 1.32 bits per heavy atom. The summed E-state index contributed by atoms with van der Waals surface area (Å²) in [7, 11) is 0. The van der Waals surface area contributed by atoms with E-state index in [1.807, 2.05) is 6.92 Å². The van der Waals surface area contributed by atoms with Crippen molar-refractivity contribution in [2.45, 2.75) is 33.1 Å². The van der Waals surface area contributed by atoms with Crippen LogP contribution in [0.25, 0.3) is 6.08 Å². The van der Waals surface area contributed by atoms with E-state index in [2.05, 4.69) is 22.2 Å². The first kappa shape index (κ1) is 15.1. The third-order valence-electron chi connectivity index (χ3n) is 2.43. The standard InChI is InChI=1S/C14H21N3O2/c1-3-5-6-9-15-13(18)8-7-12-10-16-14(17-11-12)19-4-2/h7-8,10-11H,3-6,9H2,1-2H3,(H,15,18)/b8-7+. The van der Waals surface area contributed by atoms with Crippen molar-refractivity contribution in [3.05, 3.63) is 24.0 Å². The molecule has 0 saturated heterocycles. The first-order valence-corrected chi connectivity index (χ1v) is 6.67. The Morgan fingerprint density at radius 3 is 2.68 bits per heavy atom. The van der Waals surface area contributed by atoms with Crippen LogP contribution in [-0.4, -0.2) is 29.0 Å². The highest BCUT2D eigenvalue weighted by molar-refractivity contribution is 5.91. The molecule has 0 aliphatic rings. The van der Waals surface area contributed by atoms with Crippen LogP contribution in [0, 0.1) is 0 Å². The number of carbonyl (C=O) groups is 1. The summed E-state index contributed by atoms with van der Waals surface area (Å²) in [6.07, 6.45) is 9.72. The lowest BCUT2D eigenvalue weighted by molar-refractivity contribution is -0.116. The summed E-state index contributed by atoms with van der Waals surface area (Å²) < 4.78 is 5.14. The average Bonchev–Trinajstić information content (AvgIpc) is 2.43. The topological polar surface area (TPSA) is 64.1 Å². The van der Waals surface area contributed by atoms with Gasteiger partial charge in [0.25, 0.3) is 0 Å². The molecule has 1 rings (SSSR count). The van der Waals surface area contributed by atoms with Gasteiger partial charge in [0.15, 0.2) is 0 Å². The molecule has 1 amide bonds. The number of carbonyl (C=O) groups excluding carboxylic acids is 1. The first-order valence-electron chi connectivity index (χ1n) is 6.67. The lowest BCUT2D eigenvalue weighted by Crippen LogP contribution is -2.21. The normalized spacial score (nSPS) is 10.6. The fourth-order valence-corrected chi connectivity index (χ4v) is 1.43. The summed E-state index contributed by atoms with van der Waals surface area (Å²) in [5.41, 5.74) is 0.771. The van der Waals surface area contributed by atoms with E-state index in [-0.39, 0.29) is 5.91 Å². The van der Waals surface area contributed by atoms with Crippen LogP contribution in [0.3, 0.4) is 0 Å². The smallest absolute Gasteiger partial charge is 0.316 e. The Bertz CT molecular complexity index is 402. The van der Waals surface area contributed by atoms with Gasteiger partial charge in [0.2, 0.25) is 5.91 Å². The number of rotatable bonds is 8. The second-order valence-corrected chi connectivity index (χ2v) is 4.06. The highest BCUT2D eigenvalue weighted by atomic mass is 16.5. The minimum atomic E-state index is -0.0926. The Balaban J connectivity index is 2.36. The average molecular weight is 263 g/mol. The molecule has 0 atom stereocenters. The molecule has 0 unspecified atom stereocenters. The molecule has 0 aliphatic heterocycles. The van der Waals surface area contributed by atoms with Crippen LogP contribution in [0.4, 0.5) is 0 Å². The molecule has 0 spiro atoms. The van der Waals surface area contributed by atoms with Gasteiger partial charge in [-0.15, -0.1) is 0 Å². The van der Waals surface area contributed by atoms with Crippen molar-refractivity contribution in [3.63, 3.8) is 0 Å². The SMILES string of the molecule is CCCCCNC(=O)/C=C/c1cnc(OCC)nc1. The zero-order valence-electron chi connectivity index (χ0n) is 11.6. The zero-order chi connectivity index (χ0) is 13.9. The van der Waals surface area contributed by atoms with Crippen molar-refractivity contribution >= 4 is 12.0 Å². The number of hydrogen-bond donors (Lipinski definition) is 1. The Labute approximate surface area is 114 Å². The van der Waals surface area contributed by atoms with Gasteiger partial charge >= 0.3 is 6.01 Å². The molecule has 0 fully saturated rings. The number of ether oxygens (including phenoxy) is 1. The zero-order valence-corrected chi connectivity index (χ0v) is 11.6. The number of nitrogens with one attached hydrogen (secondary N) is 1. The van der Waals surface area contributed by atoms with Crippen LogP contribution in [0.1, 0.15) is 38.7 Å². The van der Waals surface area contributed by atoms with Gasteiger partial charge in [-0.05, 0) is 19.4 Å². The Hall–Kier alpha value is -1.91. The van der Waals surface area contributed by atoms with E-state index >= 15 is 0 Å². The second kappa shape index (κ2) is 9.08. The molecular weight excluding hydrogens is 242 g/mol. The third-order valence-corrected chi connectivity index (χ3v) is 2.43. The quantitative estimate of drug-likeness (QED) is 0.577. The summed E-state index contributed by atoms with van der Waals surface area (Å²) in [6.45, 7) is 5.26. The fraction of sp³-hybridized carbons (Fsp3) is 0.500. The number of unbranched alkanes of at least 4 members (excludes halogenated alkanes) is 2. The number of aromatic nitrogens is 2. The van der Waals surface area contributed by atoms with Crippen molar-refractivity contribution in [2.24, 2.45) is 0 Å². The Morgan fingerprint density at radius 2 is 2.05 bits per heavy atom. The van der Waals surface area contributed by atoms with Gasteiger partial charge in [-0.3, -0.25) is 4.79 Å². The second-order valence-electron chi connectivity index (χ2n) is 4.06. The maximum atomic E-state index is 11.5. The molecule has 1 aromatic rings. The molecule has 19 heavy (non-hydrogen) atoms. The summed E-state index contributed by atoms with van der Waals surface area (Å²) in [4.78, 5) is 19.5. The van der Waals surface area contributed by atoms with Crippen molar-refractivity contribution in [1.82, 2.24) is 15.3 Å². The van der Waals surface area contributed by atoms with Crippen molar-refractivity contribution in [3.8, 4) is 6.01 Å². The van der Waals surface area contributed by atoms with Gasteiger partial charge in [-0.25, -0.2) is 9.97 Å². The van der Waals surface area contributed by atoms with Gasteiger partial charge in [-0.2, -0.15) is 0 Å². The minimum absolute atomic E-state index is 0.0926. The van der Waals surface area contributed by atoms with Gasteiger partial charge < -0.3 is 10.1 Å². The largest absolute Gasteiger partial charge is 0.464 e. The van der Waals surface area contributed by atoms with E-state index in [1.165, 1.54) is 6.08 Å². The van der Waals surface area contributed by atoms with Crippen LogP contribution in [0.5, 0.6) is 6.01 Å². The van der Waals surface area contributed by atoms with E-state index < -0.39 is 0 Å². The molecule has 1 heterocycles. The lowest BCUT2D eigenvalue weighted by atomic mass is 10.2. The van der Waals surface area contributed by atoms with Crippen molar-refractivity contribution < 1.29 is 9.53 Å². The molecule has 0 saturated carbocycles. The fourth-order valence-electron chi connectivity index (χ4n) is 1.43. The van der Waals surface area contributed by atoms with E-state index in [9.17, 15) is 4.79 Å². The van der Waals surface area contributed by atoms with Crippen molar-refractivity contribution in [2.75, 3.05) is 13.2 Å². The predicted molar refractivity (Wildman–Crippen MR) is 74.8 cm³/mol. The van der Waals surface area contributed by atoms with Gasteiger partial charge in [0.05, 0.1) is 6.61 Å². The summed E-state index contributed by atoms with van der Waals surface area (Å²) in [5, 5.41) is 2.83. The monoisotopic (exact) mass is 263 g/mol. The molecule has 0 aliphatic carbocycles. The van der Waals surface area contributed by atoms with E-state index in [0.29, 0.717) is 12.6 Å². The summed E-state index contributed by atoms with van der Waals surface area (Å²) >= 11 is 0. The Kier molecular flexibility index (Phi) is 7.24. The van der Waals surface area contributed by atoms with Crippen molar-refractivity contribution in [1.29, 1.82) is 0 Å². The molecular formula is C14H21N3O2. The highest BCUT2D eigenvalue weighted by Gasteiger charge is 1.97. The van der Waals surface area contributed by atoms with Gasteiger partial charge in [0.1, 0.15) is 0 Å². The third kappa shape index (κ3) is 6.55. The van der Waals surface area contributed by atoms with Crippen LogP contribution >= 0.6 is 0 Å². The summed E-state index contributed by atoms with van der Waals surface area (Å²) in [6, 6.07) is 0.351. The molecule has 1 N–H and O–H groups in total. The van der Waals surface area contributed by atoms with Crippen LogP contribution < -0.4 is 10.1 Å². The molecule has 0 bridgehead atoms. The summed E-state index contributed by atoms with van der Waals surface area (Å²) in [5.74, 6) is -0.0926. The molecule has 5 heteroatoms. The van der Waals surface area contributed by atoms with Crippen LogP contribution in [0.2, 0.25) is 0 Å². The number of amides is 1. The first-order chi connectivity index (χ1) is 9.26. The van der Waals surface area contributed by atoms with E-state index in [4.69, 9.17) is 4.74 Å². The van der Waals surface area contributed by atoms with E-state index in [0.717, 1.165) is 31.4 Å². The molecule has 1 aromatic heterocycles. The van der Waals surface area contributed by atoms with E-state index in [1.54, 1.807) is 18.5 Å². The number of nitrogens with zero attached hydrogens (tertiary/aromatic N) is 2. The lowest BCUT2D eigenvalue weighted by Gasteiger charge is -2.01. The van der Waals surface area contributed by atoms with Crippen LogP contribution in [-0.2, 0) is 4.79 Å². The minimum Gasteiger partial charge on any atom is -0.464 e. The highest BCUT2D eigenvalue weighted by Crippen LogP contribution is 2.04. The van der Waals surface area contributed by atoms with Gasteiger partial charge in [0, 0.05) is 30.6 Å². The molecule has 5 nitrogen and oxygen atoms in total. The molecule has 0 radical (unpaired) electrons. The number of hydrogen-bond acceptors (Lipinski definition) is 4. The predicted octanol–water partition coefficient (Wildman–Crippen LogP) is 2.19. The molecule has 104 valence electrons. The van der Waals surface area contributed by atoms with Gasteiger partial charge in [-0.1, -0.05) is 19.8 Å². The maximum absolute atomic E-state index is 11.5. The molecule has 0 aromatic carbocycles. The van der Waals surface area contributed by atoms with Crippen LogP contribution in [0.15, 0.2) is 18.5 Å². The maximum Gasteiger partial charge on any atom is 0.316 e.